The minimum atomic E-state index is -4.42. The number of rotatable bonds is 21. The highest BCUT2D eigenvalue weighted by atomic mass is 16.5. The highest BCUT2D eigenvalue weighted by Gasteiger charge is 2.47. The summed E-state index contributed by atoms with van der Waals surface area (Å²) in [5, 5.41) is 67.9. The van der Waals surface area contributed by atoms with Crippen molar-refractivity contribution in [1.82, 2.24) is 29.4 Å². The molecular weight excluding hydrogens is 1780 g/mol. The van der Waals surface area contributed by atoms with Crippen LogP contribution in [0.15, 0.2) is 72.5 Å². The van der Waals surface area contributed by atoms with Crippen molar-refractivity contribution in [3.63, 3.8) is 0 Å². The normalized spacial score (nSPS) is 52.8. The fourth-order valence-corrected chi connectivity index (χ4v) is 15.7. The highest BCUT2D eigenvalue weighted by Crippen LogP contribution is 2.53. The van der Waals surface area contributed by atoms with E-state index >= 15 is 0 Å². The molecule has 141 heavy (non-hydrogen) atoms. The Morgan fingerprint density at radius 2 is 0.504 bits per heavy atom. The van der Waals surface area contributed by atoms with E-state index in [4.69, 9.17) is 179 Å². The second-order valence-corrected chi connectivity index (χ2v) is 34.3. The van der Waals surface area contributed by atoms with E-state index < -0.39 is 575 Å². The van der Waals surface area contributed by atoms with Gasteiger partial charge in [0, 0.05) is 201 Å². The van der Waals surface area contributed by atoms with Crippen molar-refractivity contribution in [2.75, 3.05) is 163 Å². The Kier molecular flexibility index (Phi) is 13.9. The lowest BCUT2D eigenvalue weighted by Gasteiger charge is -2.47. The van der Waals surface area contributed by atoms with E-state index in [9.17, 15) is 38.9 Å². The van der Waals surface area contributed by atoms with Crippen LogP contribution in [0.3, 0.4) is 0 Å². The first-order valence-corrected chi connectivity index (χ1v) is 43.5. The van der Waals surface area contributed by atoms with Gasteiger partial charge in [-0.3, -0.25) is 29.4 Å². The van der Waals surface area contributed by atoms with Crippen molar-refractivity contribution in [3.8, 4) is 69.0 Å². The summed E-state index contributed by atoms with van der Waals surface area (Å²) >= 11 is 0. The molecular formula is C117H180N6O18. The molecule has 24 heteroatoms. The fourth-order valence-electron chi connectivity index (χ4n) is 15.7. The first kappa shape index (κ1) is 40.5. The first-order valence-electron chi connectivity index (χ1n) is 91.0. The van der Waals surface area contributed by atoms with Crippen molar-refractivity contribution < 1.29 is 218 Å². The number of aliphatic hydroxyl groups is 6. The molecule has 0 aromatic heterocycles. The summed E-state index contributed by atoms with van der Waals surface area (Å²) in [5.41, 5.74) is -21.9. The highest BCUT2D eigenvalue weighted by molar-refractivity contribution is 5.55. The Bertz CT molecular complexity index is 9720. The van der Waals surface area contributed by atoms with Crippen LogP contribution in [0.4, 0.5) is 0 Å². The summed E-state index contributed by atoms with van der Waals surface area (Å²) in [4.78, 5) is 1.48. The van der Waals surface area contributed by atoms with Crippen molar-refractivity contribution in [2.24, 2.45) is 69.4 Å². The number of benzene rings is 6. The van der Waals surface area contributed by atoms with Gasteiger partial charge in [0.1, 0.15) is 0 Å². The van der Waals surface area contributed by atoms with Gasteiger partial charge in [-0.2, -0.15) is 0 Å². The summed E-state index contributed by atoms with van der Waals surface area (Å²) in [6.45, 7) is -39.0. The SMILES string of the molecule is [2H]c1c(OC([2H])([2H])[2H])c(OC)c([2H])c2c1C1([2H])CC(O)C(C([2H])([2H])C(C)(C([2H])([2H])[2H])C([2H])([2H])[2H])CN1C([2H])([2H])C2([2H])[2H].[2H]c1c(OC)c(OC([2H])([2H])[2H])c([2H])c2c1C([2H])([2H])C([2H])([2H])N1CC([2H])(C([2H])([2H])C(C)(C([2H])([2H])[2H])C([2H])([2H])[2H])C([2H])(O)C([2H])([2H])C21[2H].[2H]c1c(OC)c(OC([2H])([2H])[2H])c([2H])c2c1C([2H])([2H])C([2H])([2H])N1CC([2H])(CC(C)C)C([2H])(O)C([2H])([2H])C21[2H].[2H]c1c(OC)c(OC)c([2H])c2c1C([2H])([2H])C([2H])([2H])N1CC([2H])(C([2H])([2H])C(C)(C([2H])([2H])[2H])C([2H])([2H])[2H])C([2H])(O)C([2H])([2H])C21[2H].[2H]c1c(OC)c(OC)c([2H])c2c1C([2H])([2H])C([2H])([2H])N1CC([2H])(CC(C)C)C([2H])(O)C([2H])([2H])C21[2H].[2H]c1c(OC)c(OC)c([2H])c2c1C([2H])([2H])C([2H])([2H])N1CC([2H])(CC(C)C)C([2H])(O)C([2H])([2H])C21[2H]. The second-order valence-electron chi connectivity index (χ2n) is 34.3. The lowest BCUT2D eigenvalue weighted by Crippen LogP contribution is -2.48. The van der Waals surface area contributed by atoms with Crippen molar-refractivity contribution >= 4 is 0 Å². The maximum atomic E-state index is 11.6. The van der Waals surface area contributed by atoms with Gasteiger partial charge in [0.15, 0.2) is 69.0 Å². The smallest absolute Gasteiger partial charge is 0.161 e. The maximum absolute atomic E-state index is 11.6. The van der Waals surface area contributed by atoms with Crippen LogP contribution < -0.4 is 56.8 Å². The van der Waals surface area contributed by atoms with Crippen LogP contribution in [0.2, 0.25) is 0 Å². The number of ether oxygens (including phenoxy) is 12. The lowest BCUT2D eigenvalue weighted by molar-refractivity contribution is -0.0259. The molecule has 6 aromatic carbocycles. The van der Waals surface area contributed by atoms with E-state index in [1.54, 1.807) is 41.5 Å². The predicted octanol–water partition coefficient (Wildman–Crippen LogP) is 19.3. The van der Waals surface area contributed by atoms with Crippen LogP contribution >= 0.6 is 0 Å². The summed E-state index contributed by atoms with van der Waals surface area (Å²) in [5.74, 6) is -26.4. The third kappa shape index (κ3) is 26.9. The summed E-state index contributed by atoms with van der Waals surface area (Å²) in [6.07, 6.45) is -72.7. The zero-order valence-corrected chi connectivity index (χ0v) is 80.2. The molecule has 0 aliphatic carbocycles. The Labute approximate surface area is 979 Å². The monoisotopic (exact) mass is 2050 g/mol. The second kappa shape index (κ2) is 48.4. The molecule has 0 radical (unpaired) electrons. The lowest BCUT2D eigenvalue weighted by atomic mass is 9.75. The summed E-state index contributed by atoms with van der Waals surface area (Å²) in [6, 6.07) is -30.9. The van der Waals surface area contributed by atoms with E-state index in [1.807, 2.05) is 0 Å². The van der Waals surface area contributed by atoms with Gasteiger partial charge < -0.3 is 87.5 Å². The largest absolute Gasteiger partial charge is 0.493 e. The first-order chi connectivity index (χ1) is 104. The van der Waals surface area contributed by atoms with Crippen LogP contribution in [0.5, 0.6) is 69.0 Å². The van der Waals surface area contributed by atoms with Crippen LogP contribution in [-0.4, -0.2) is 260 Å². The number of aliphatic hydroxyl groups excluding tert-OH is 1. The van der Waals surface area contributed by atoms with Crippen molar-refractivity contribution in [1.29, 1.82) is 0 Å². The maximum Gasteiger partial charge on any atom is 0.161 e. The zero-order valence-electron chi connectivity index (χ0n) is 175. The fraction of sp³-hybridized carbons (Fsp3) is 0.692. The topological polar surface area (TPSA) is 252 Å². The molecule has 12 heterocycles. The average molecular weight is 2050 g/mol. The molecule has 0 saturated carbocycles. The Morgan fingerprint density at radius 1 is 0.305 bits per heavy atom. The van der Waals surface area contributed by atoms with E-state index in [-0.39, 0.29) is 40.9 Å². The summed E-state index contributed by atoms with van der Waals surface area (Å²) < 4.78 is 865. The third-order valence-electron chi connectivity index (χ3n) is 21.7. The van der Waals surface area contributed by atoms with Gasteiger partial charge in [0.2, 0.25) is 0 Å². The molecule has 6 saturated heterocycles. The molecule has 6 N–H and O–H groups in total. The number of piperidine rings is 6. The number of hydrogen-bond acceptors (Lipinski definition) is 24. The molecule has 18 atom stereocenters. The summed E-state index contributed by atoms with van der Waals surface area (Å²) in [7, 11) is -0.436. The van der Waals surface area contributed by atoms with E-state index in [1.165, 1.54) is 0 Å². The standard InChI is InChI=1S/3C20H31NO3.3C19H29NO3/c3*1-20(2,3)11-14-12-21-7-6-13-8-18(23-4)19(24-5)9-15(13)16(21)10-17(14)22;3*1-12(2)7-14-11-20-6-5-13-8-18(22-3)19(23-4)9-15(13)16(20)10-17(14)21/h3*8-9,14,16-17,22H,6-7,10-12H2,1-5H3;3*8-9,12,14,16-17,21H,5-7,10-11H2,1-4H3/i1D3,2D3,5D3,6D2,7D2,8D,9D,10D2,11D2,14D,16D,17D;1D3,2D3,6D2,7D2,8D,9D,10D2,11D2,14D,16D,17D;1D3,2D3,5D3,6D2,7D2,8D,9D,11D2,16D;4D3,5D2,6D2,8D,9D,10D2,14D,16D,17D;2*5D2,6D2,8D,9D,10D2,14D,16D,17D. The molecule has 0 spiro atoms. The van der Waals surface area contributed by atoms with Gasteiger partial charge in [0.25, 0.3) is 0 Å². The van der Waals surface area contributed by atoms with Gasteiger partial charge in [0.05, 0.1) is 165 Å². The molecule has 24 nitrogen and oxygen atoms in total. The van der Waals surface area contributed by atoms with Crippen molar-refractivity contribution in [2.45, 2.75) is 291 Å². The Balaban J connectivity index is 0.000000224. The van der Waals surface area contributed by atoms with E-state index in [0.29, 0.717) is 40.4 Å². The molecule has 786 valence electrons. The molecule has 0 bridgehead atoms. The molecule has 6 fully saturated rings. The van der Waals surface area contributed by atoms with Crippen LogP contribution in [0.25, 0.3) is 0 Å². The van der Waals surface area contributed by atoms with Crippen LogP contribution in [0.1, 0.15) is 413 Å². The van der Waals surface area contributed by atoms with Crippen LogP contribution in [0, 0.1) is 69.4 Å². The Morgan fingerprint density at radius 3 is 0.723 bits per heavy atom. The number of fused-ring (bicyclic) bond motifs is 18. The average Bonchev–Trinajstić information content (AvgIpc) is 0.637. The number of hydrogen-bond donors (Lipinski definition) is 6. The Hall–Kier alpha value is -7.56. The van der Waals surface area contributed by atoms with Gasteiger partial charge >= 0.3 is 0 Å². The quantitative estimate of drug-likeness (QED) is 0.0392. The van der Waals surface area contributed by atoms with Crippen molar-refractivity contribution in [3.05, 3.63) is 139 Å². The van der Waals surface area contributed by atoms with E-state index in [0.717, 1.165) is 64.0 Å². The van der Waals surface area contributed by atoms with Gasteiger partial charge in [-0.15, -0.1) is 0 Å². The van der Waals surface area contributed by atoms with Crippen LogP contribution in [-0.2, 0) is 38.2 Å². The van der Waals surface area contributed by atoms with E-state index in [2.05, 4.69) is 0 Å². The predicted molar refractivity (Wildman–Crippen MR) is 561 cm³/mol. The molecule has 12 aliphatic rings. The molecule has 18 unspecified atom stereocenters. The molecule has 6 aromatic rings. The number of nitrogens with zero attached hydrogens (tertiary/aromatic N) is 6. The van der Waals surface area contributed by atoms with Gasteiger partial charge in [-0.1, -0.05) is 103 Å². The minimum Gasteiger partial charge on any atom is -0.493 e. The van der Waals surface area contributed by atoms with Gasteiger partial charge in [-0.05, 0) is 324 Å². The molecule has 0 amide bonds. The zero-order chi connectivity index (χ0) is 186. The minimum absolute atomic E-state index is 0.0704. The third-order valence-corrected chi connectivity index (χ3v) is 21.7. The molecule has 18 rings (SSSR count). The number of methoxy groups -OCH3 is 12. The van der Waals surface area contributed by atoms with Gasteiger partial charge in [-0.25, -0.2) is 0 Å². The molecule has 12 aliphatic heterocycles.